The lowest BCUT2D eigenvalue weighted by molar-refractivity contribution is 0.0370. The monoisotopic (exact) mass is 330 g/mol. The van der Waals surface area contributed by atoms with Crippen molar-refractivity contribution in [1.29, 1.82) is 0 Å². The molecule has 0 unspecified atom stereocenters. The van der Waals surface area contributed by atoms with Crippen LogP contribution in [0.25, 0.3) is 0 Å². The first-order valence-corrected chi connectivity index (χ1v) is 9.45. The third-order valence-corrected chi connectivity index (χ3v) is 5.42. The van der Waals surface area contributed by atoms with Gasteiger partial charge in [-0.2, -0.15) is 0 Å². The maximum Gasteiger partial charge on any atom is 0.317 e. The molecule has 0 aromatic heterocycles. The van der Waals surface area contributed by atoms with Gasteiger partial charge in [-0.05, 0) is 61.6 Å². The predicted molar refractivity (Wildman–Crippen MR) is 96.4 cm³/mol. The summed E-state index contributed by atoms with van der Waals surface area (Å²) >= 11 is 0. The maximum atomic E-state index is 12.4. The van der Waals surface area contributed by atoms with E-state index in [9.17, 15) is 4.79 Å². The molecule has 1 saturated heterocycles. The third-order valence-electron chi connectivity index (χ3n) is 5.42. The predicted octanol–water partition coefficient (Wildman–Crippen LogP) is 3.99. The summed E-state index contributed by atoms with van der Waals surface area (Å²) in [5.74, 6) is 0.920. The molecule has 3 rings (SSSR count). The molecular formula is C20H30N2O2. The van der Waals surface area contributed by atoms with Gasteiger partial charge in [-0.25, -0.2) is 4.79 Å². The molecule has 2 amide bonds. The summed E-state index contributed by atoms with van der Waals surface area (Å²) in [6.45, 7) is 5.40. The van der Waals surface area contributed by atoms with E-state index >= 15 is 0 Å². The second kappa shape index (κ2) is 7.91. The highest BCUT2D eigenvalue weighted by molar-refractivity contribution is 5.74. The molecule has 0 atom stereocenters. The number of nitrogens with zero attached hydrogens (tertiary/aromatic N) is 1. The van der Waals surface area contributed by atoms with Crippen molar-refractivity contribution in [2.24, 2.45) is 5.41 Å². The lowest BCUT2D eigenvalue weighted by atomic mass is 9.64. The molecule has 0 bridgehead atoms. The Balaban J connectivity index is 1.43. The third kappa shape index (κ3) is 4.22. The number of ether oxygens (including phenoxy) is 1. The minimum absolute atomic E-state index is 0.111. The van der Waals surface area contributed by atoms with Gasteiger partial charge in [-0.3, -0.25) is 0 Å². The summed E-state index contributed by atoms with van der Waals surface area (Å²) in [6, 6.07) is 8.29. The normalized spacial score (nSPS) is 19.0. The van der Waals surface area contributed by atoms with E-state index in [0.717, 1.165) is 44.7 Å². The van der Waals surface area contributed by atoms with E-state index in [1.165, 1.54) is 31.2 Å². The van der Waals surface area contributed by atoms with E-state index in [-0.39, 0.29) is 6.03 Å². The summed E-state index contributed by atoms with van der Waals surface area (Å²) in [5, 5.41) is 3.10. The number of nitrogens with one attached hydrogen (secondary N) is 1. The zero-order chi connectivity index (χ0) is 16.8. The minimum Gasteiger partial charge on any atom is -0.494 e. The van der Waals surface area contributed by atoms with Crippen molar-refractivity contribution in [3.05, 3.63) is 29.8 Å². The van der Waals surface area contributed by atoms with Gasteiger partial charge in [-0.1, -0.05) is 25.5 Å². The highest BCUT2D eigenvalue weighted by atomic mass is 16.5. The summed E-state index contributed by atoms with van der Waals surface area (Å²) in [7, 11) is 0. The number of amides is 2. The molecule has 4 heteroatoms. The van der Waals surface area contributed by atoms with Crippen molar-refractivity contribution >= 4 is 6.03 Å². The van der Waals surface area contributed by atoms with Crippen molar-refractivity contribution < 1.29 is 9.53 Å². The summed E-state index contributed by atoms with van der Waals surface area (Å²) < 4.78 is 5.66. The lowest BCUT2D eigenvalue weighted by Gasteiger charge is -2.48. The average molecular weight is 330 g/mol. The Labute approximate surface area is 145 Å². The first-order valence-electron chi connectivity index (χ1n) is 9.45. The van der Waals surface area contributed by atoms with Crippen LogP contribution in [-0.4, -0.2) is 37.2 Å². The number of piperidine rings is 1. The molecule has 0 radical (unpaired) electrons. The van der Waals surface area contributed by atoms with Crippen molar-refractivity contribution in [2.45, 2.75) is 51.9 Å². The zero-order valence-corrected chi connectivity index (χ0v) is 14.9. The van der Waals surface area contributed by atoms with E-state index < -0.39 is 0 Å². The Kier molecular flexibility index (Phi) is 5.64. The molecule has 1 aromatic carbocycles. The Morgan fingerprint density at radius 3 is 2.88 bits per heavy atom. The molecule has 24 heavy (non-hydrogen) atoms. The molecule has 4 nitrogen and oxygen atoms in total. The number of urea groups is 1. The van der Waals surface area contributed by atoms with E-state index in [1.807, 2.05) is 17.0 Å². The van der Waals surface area contributed by atoms with Gasteiger partial charge < -0.3 is 15.0 Å². The fraction of sp³-hybridized carbons (Fsp3) is 0.650. The van der Waals surface area contributed by atoms with Gasteiger partial charge in [0.1, 0.15) is 5.75 Å². The van der Waals surface area contributed by atoms with Gasteiger partial charge >= 0.3 is 6.03 Å². The molecule has 1 saturated carbocycles. The second-order valence-corrected chi connectivity index (χ2v) is 7.36. The quantitative estimate of drug-likeness (QED) is 0.857. The minimum atomic E-state index is 0.111. The number of rotatable bonds is 6. The molecule has 2 aliphatic rings. The fourth-order valence-electron chi connectivity index (χ4n) is 3.90. The Bertz CT molecular complexity index is 554. The number of hydrogen-bond acceptors (Lipinski definition) is 2. The number of carbonyl (C=O) groups excluding carboxylic acids is 1. The summed E-state index contributed by atoms with van der Waals surface area (Å²) in [6.07, 6.45) is 8.27. The van der Waals surface area contributed by atoms with Gasteiger partial charge in [0.2, 0.25) is 0 Å². The molecule has 1 heterocycles. The van der Waals surface area contributed by atoms with Crippen molar-refractivity contribution in [3.8, 4) is 5.75 Å². The first-order chi connectivity index (χ1) is 11.7. The van der Waals surface area contributed by atoms with Crippen LogP contribution in [0.5, 0.6) is 5.75 Å². The first kappa shape index (κ1) is 17.1. The molecule has 1 aliphatic carbocycles. The van der Waals surface area contributed by atoms with Crippen molar-refractivity contribution in [3.63, 3.8) is 0 Å². The van der Waals surface area contributed by atoms with E-state index in [4.69, 9.17) is 4.74 Å². The molecule has 132 valence electrons. The molecule has 1 aromatic rings. The molecule has 1 N–H and O–H groups in total. The van der Waals surface area contributed by atoms with Crippen LogP contribution in [0.2, 0.25) is 0 Å². The van der Waals surface area contributed by atoms with Crippen LogP contribution >= 0.6 is 0 Å². The number of carbonyl (C=O) groups is 1. The number of benzene rings is 1. The van der Waals surface area contributed by atoms with Crippen LogP contribution in [0.3, 0.4) is 0 Å². The van der Waals surface area contributed by atoms with E-state index in [1.54, 1.807) is 0 Å². The highest BCUT2D eigenvalue weighted by Crippen LogP contribution is 2.47. The standard InChI is InChI=1S/C20H30N2O2/c1-2-14-24-18-7-3-6-17(15-18)8-12-21-19(23)22-13-5-11-20(16-22)9-4-10-20/h3,6-7,15H,2,4-5,8-14,16H2,1H3,(H,21,23). The Morgan fingerprint density at radius 1 is 1.29 bits per heavy atom. The lowest BCUT2D eigenvalue weighted by Crippen LogP contribution is -2.52. The van der Waals surface area contributed by atoms with Gasteiger partial charge in [0.05, 0.1) is 6.61 Å². The Morgan fingerprint density at radius 2 is 2.12 bits per heavy atom. The SMILES string of the molecule is CCCOc1cccc(CCNC(=O)N2CCCC3(CCC3)C2)c1. The second-order valence-electron chi connectivity index (χ2n) is 7.36. The highest BCUT2D eigenvalue weighted by Gasteiger charge is 2.41. The molecular weight excluding hydrogens is 300 g/mol. The van der Waals surface area contributed by atoms with Crippen LogP contribution in [0.1, 0.15) is 51.0 Å². The van der Waals surface area contributed by atoms with Crippen LogP contribution in [0, 0.1) is 5.41 Å². The van der Waals surface area contributed by atoms with Crippen LogP contribution in [-0.2, 0) is 6.42 Å². The molecule has 2 fully saturated rings. The molecule has 1 aliphatic heterocycles. The molecule has 1 spiro atoms. The topological polar surface area (TPSA) is 41.6 Å². The smallest absolute Gasteiger partial charge is 0.317 e. The van der Waals surface area contributed by atoms with Gasteiger partial charge in [-0.15, -0.1) is 0 Å². The summed E-state index contributed by atoms with van der Waals surface area (Å²) in [5.41, 5.74) is 1.67. The summed E-state index contributed by atoms with van der Waals surface area (Å²) in [4.78, 5) is 14.4. The van der Waals surface area contributed by atoms with Crippen LogP contribution in [0.4, 0.5) is 4.79 Å². The van der Waals surface area contributed by atoms with Gasteiger partial charge in [0.15, 0.2) is 0 Å². The maximum absolute atomic E-state index is 12.4. The largest absolute Gasteiger partial charge is 0.494 e. The van der Waals surface area contributed by atoms with E-state index in [2.05, 4.69) is 24.4 Å². The van der Waals surface area contributed by atoms with Crippen LogP contribution in [0.15, 0.2) is 24.3 Å². The van der Waals surface area contributed by atoms with Gasteiger partial charge in [0, 0.05) is 19.6 Å². The van der Waals surface area contributed by atoms with Crippen LogP contribution < -0.4 is 10.1 Å². The van der Waals surface area contributed by atoms with E-state index in [0.29, 0.717) is 12.0 Å². The van der Waals surface area contributed by atoms with Gasteiger partial charge in [0.25, 0.3) is 0 Å². The Hall–Kier alpha value is -1.71. The zero-order valence-electron chi connectivity index (χ0n) is 14.9. The average Bonchev–Trinajstić information content (AvgIpc) is 2.59. The van der Waals surface area contributed by atoms with Crippen molar-refractivity contribution in [1.82, 2.24) is 10.2 Å². The van der Waals surface area contributed by atoms with Crippen molar-refractivity contribution in [2.75, 3.05) is 26.2 Å². The fourth-order valence-corrected chi connectivity index (χ4v) is 3.90. The number of likely N-dealkylation sites (tertiary alicyclic amines) is 1. The number of hydrogen-bond donors (Lipinski definition) is 1.